The second kappa shape index (κ2) is 7.61. The molecule has 1 fully saturated rings. The lowest BCUT2D eigenvalue weighted by atomic mass is 9.81. The van der Waals surface area contributed by atoms with Gasteiger partial charge >= 0.3 is 0 Å². The summed E-state index contributed by atoms with van der Waals surface area (Å²) in [7, 11) is 0. The van der Waals surface area contributed by atoms with Gasteiger partial charge < -0.3 is 4.74 Å². The molecule has 0 spiro atoms. The molecule has 1 heterocycles. The van der Waals surface area contributed by atoms with Crippen LogP contribution in [0, 0.1) is 5.92 Å². The Labute approximate surface area is 129 Å². The monoisotopic (exact) mass is 284 g/mol. The number of hydrogen-bond acceptors (Lipinski definition) is 1. The van der Waals surface area contributed by atoms with Crippen molar-refractivity contribution in [2.24, 2.45) is 5.92 Å². The molecule has 21 heavy (non-hydrogen) atoms. The predicted molar refractivity (Wildman–Crippen MR) is 90.3 cm³/mol. The van der Waals surface area contributed by atoms with Gasteiger partial charge in [0.25, 0.3) is 0 Å². The van der Waals surface area contributed by atoms with Crippen LogP contribution in [0.4, 0.5) is 0 Å². The Hall–Kier alpha value is -1.34. The van der Waals surface area contributed by atoms with Gasteiger partial charge in [-0.2, -0.15) is 0 Å². The summed E-state index contributed by atoms with van der Waals surface area (Å²) in [5.41, 5.74) is 4.02. The van der Waals surface area contributed by atoms with Crippen LogP contribution in [0.15, 0.2) is 54.1 Å². The highest BCUT2D eigenvalue weighted by molar-refractivity contribution is 5.22. The van der Waals surface area contributed by atoms with Crippen LogP contribution in [0.5, 0.6) is 0 Å². The van der Waals surface area contributed by atoms with E-state index in [4.69, 9.17) is 4.74 Å². The lowest BCUT2D eigenvalue weighted by molar-refractivity contribution is -0.0679. The molecule has 1 aromatic carbocycles. The third-order valence-corrected chi connectivity index (χ3v) is 4.30. The molecule has 0 amide bonds. The van der Waals surface area contributed by atoms with Crippen molar-refractivity contribution in [3.05, 3.63) is 59.7 Å². The van der Waals surface area contributed by atoms with Crippen LogP contribution in [0.3, 0.4) is 0 Å². The van der Waals surface area contributed by atoms with Gasteiger partial charge in [-0.3, -0.25) is 0 Å². The molecule has 0 saturated carbocycles. The average Bonchev–Trinajstić information content (AvgIpc) is 2.47. The molecule has 0 aromatic heterocycles. The first-order chi connectivity index (χ1) is 10.1. The summed E-state index contributed by atoms with van der Waals surface area (Å²) >= 11 is 0. The van der Waals surface area contributed by atoms with Gasteiger partial charge in [-0.25, -0.2) is 0 Å². The molecule has 0 N–H and O–H groups in total. The van der Waals surface area contributed by atoms with Crippen LogP contribution in [-0.2, 0) is 4.74 Å². The van der Waals surface area contributed by atoms with Gasteiger partial charge in [0.05, 0.1) is 12.2 Å². The fourth-order valence-corrected chi connectivity index (χ4v) is 3.08. The fourth-order valence-electron chi connectivity index (χ4n) is 3.08. The van der Waals surface area contributed by atoms with Gasteiger partial charge in [-0.15, -0.1) is 0 Å². The Kier molecular flexibility index (Phi) is 5.81. The van der Waals surface area contributed by atoms with Crippen molar-refractivity contribution in [2.75, 3.05) is 0 Å². The number of allylic oxidation sites excluding steroid dienone is 2. The summed E-state index contributed by atoms with van der Waals surface area (Å²) < 4.78 is 6.26. The van der Waals surface area contributed by atoms with Crippen molar-refractivity contribution in [3.63, 3.8) is 0 Å². The quantitative estimate of drug-likeness (QED) is 0.617. The maximum Gasteiger partial charge on any atom is 0.0893 e. The highest BCUT2D eigenvalue weighted by Gasteiger charge is 2.31. The van der Waals surface area contributed by atoms with E-state index < -0.39 is 0 Å². The smallest absolute Gasteiger partial charge is 0.0893 e. The molecule has 1 aliphatic heterocycles. The minimum Gasteiger partial charge on any atom is -0.370 e. The molecule has 0 unspecified atom stereocenters. The van der Waals surface area contributed by atoms with Crippen molar-refractivity contribution in [1.29, 1.82) is 0 Å². The Balaban J connectivity index is 2.08. The lowest BCUT2D eigenvalue weighted by Crippen LogP contribution is -2.28. The number of hydrogen-bond donors (Lipinski definition) is 0. The van der Waals surface area contributed by atoms with E-state index in [0.717, 1.165) is 19.3 Å². The highest BCUT2D eigenvalue weighted by atomic mass is 16.5. The zero-order chi connectivity index (χ0) is 15.2. The van der Waals surface area contributed by atoms with Gasteiger partial charge in [0.1, 0.15) is 0 Å². The summed E-state index contributed by atoms with van der Waals surface area (Å²) in [6.07, 6.45) is 7.30. The Morgan fingerprint density at radius 3 is 2.62 bits per heavy atom. The Morgan fingerprint density at radius 2 is 1.95 bits per heavy atom. The third-order valence-electron chi connectivity index (χ3n) is 4.30. The molecular weight excluding hydrogens is 256 g/mol. The molecule has 1 aliphatic rings. The standard InChI is InChI=1S/C20H28O/c1-15(2)9-8-10-16(3)19-14-13-17(4)21-20(19)18-11-6-5-7-12-18/h5-7,9,11-12,17,19-20H,3,8,10,13-14H2,1-2,4H3/t17-,19+,20-/m1/s1. The van der Waals surface area contributed by atoms with Crippen molar-refractivity contribution in [3.8, 4) is 0 Å². The summed E-state index contributed by atoms with van der Waals surface area (Å²) in [6.45, 7) is 10.9. The zero-order valence-corrected chi connectivity index (χ0v) is 13.6. The molecule has 1 saturated heterocycles. The van der Waals surface area contributed by atoms with Gasteiger partial charge in [-0.1, -0.05) is 54.1 Å². The van der Waals surface area contributed by atoms with E-state index >= 15 is 0 Å². The molecule has 1 nitrogen and oxygen atoms in total. The number of benzene rings is 1. The van der Waals surface area contributed by atoms with E-state index in [2.05, 4.69) is 63.8 Å². The lowest BCUT2D eigenvalue weighted by Gasteiger charge is -2.37. The molecule has 114 valence electrons. The molecule has 0 aliphatic carbocycles. The van der Waals surface area contributed by atoms with Crippen LogP contribution < -0.4 is 0 Å². The first-order valence-corrected chi connectivity index (χ1v) is 8.09. The van der Waals surface area contributed by atoms with Gasteiger partial charge in [-0.05, 0) is 52.0 Å². The van der Waals surface area contributed by atoms with Gasteiger partial charge in [0.15, 0.2) is 0 Å². The molecule has 0 bridgehead atoms. The maximum atomic E-state index is 6.26. The predicted octanol–water partition coefficient (Wildman–Crippen LogP) is 5.85. The van der Waals surface area contributed by atoms with Gasteiger partial charge in [0, 0.05) is 5.92 Å². The minimum absolute atomic E-state index is 0.175. The van der Waals surface area contributed by atoms with E-state index in [-0.39, 0.29) is 6.10 Å². The number of rotatable bonds is 5. The molecule has 1 aromatic rings. The van der Waals surface area contributed by atoms with Crippen LogP contribution in [0.25, 0.3) is 0 Å². The molecule has 0 radical (unpaired) electrons. The van der Waals surface area contributed by atoms with Crippen LogP contribution in [0.1, 0.15) is 58.1 Å². The summed E-state index contributed by atoms with van der Waals surface area (Å²) in [5.74, 6) is 0.453. The first kappa shape index (κ1) is 16.0. The summed E-state index contributed by atoms with van der Waals surface area (Å²) in [6, 6.07) is 10.6. The maximum absolute atomic E-state index is 6.26. The van der Waals surface area contributed by atoms with E-state index in [1.54, 1.807) is 0 Å². The average molecular weight is 284 g/mol. The van der Waals surface area contributed by atoms with Crippen molar-refractivity contribution < 1.29 is 4.74 Å². The second-order valence-corrected chi connectivity index (χ2v) is 6.44. The summed E-state index contributed by atoms with van der Waals surface area (Å²) in [5, 5.41) is 0. The highest BCUT2D eigenvalue weighted by Crippen LogP contribution is 2.41. The van der Waals surface area contributed by atoms with Crippen LogP contribution in [0.2, 0.25) is 0 Å². The minimum atomic E-state index is 0.175. The molecular formula is C20H28O. The van der Waals surface area contributed by atoms with Crippen molar-refractivity contribution >= 4 is 0 Å². The molecule has 3 atom stereocenters. The van der Waals surface area contributed by atoms with E-state index in [0.29, 0.717) is 12.0 Å². The SMILES string of the molecule is C=C(CCC=C(C)C)[C@@H]1CC[C@@H](C)O[C@@H]1c1ccccc1. The number of ether oxygens (including phenoxy) is 1. The normalized spacial score (nSPS) is 25.4. The van der Waals surface area contributed by atoms with Gasteiger partial charge in [0.2, 0.25) is 0 Å². The van der Waals surface area contributed by atoms with Crippen LogP contribution >= 0.6 is 0 Å². The summed E-state index contributed by atoms with van der Waals surface area (Å²) in [4.78, 5) is 0. The molecule has 1 heteroatoms. The second-order valence-electron chi connectivity index (χ2n) is 6.44. The largest absolute Gasteiger partial charge is 0.370 e. The van der Waals surface area contributed by atoms with Crippen LogP contribution in [-0.4, -0.2) is 6.10 Å². The Bertz CT molecular complexity index is 482. The third kappa shape index (κ3) is 4.57. The zero-order valence-electron chi connectivity index (χ0n) is 13.6. The van der Waals surface area contributed by atoms with E-state index in [1.807, 2.05) is 0 Å². The first-order valence-electron chi connectivity index (χ1n) is 8.09. The van der Waals surface area contributed by atoms with E-state index in [9.17, 15) is 0 Å². The van der Waals surface area contributed by atoms with Crippen molar-refractivity contribution in [2.45, 2.75) is 58.7 Å². The molecule has 2 rings (SSSR count). The Morgan fingerprint density at radius 1 is 1.24 bits per heavy atom. The fraction of sp³-hybridized carbons (Fsp3) is 0.500. The van der Waals surface area contributed by atoms with E-state index in [1.165, 1.54) is 23.1 Å². The van der Waals surface area contributed by atoms with Crippen molar-refractivity contribution in [1.82, 2.24) is 0 Å². The topological polar surface area (TPSA) is 9.23 Å².